The number of nitrogens with one attached hydrogen (secondary N) is 1. The van der Waals surface area contributed by atoms with Gasteiger partial charge in [-0.05, 0) is 31.2 Å². The molecule has 4 rings (SSSR count). The number of ether oxygens (including phenoxy) is 1. The summed E-state index contributed by atoms with van der Waals surface area (Å²) in [4.78, 5) is 18.3. The summed E-state index contributed by atoms with van der Waals surface area (Å²) in [6.07, 6.45) is 0.503. The summed E-state index contributed by atoms with van der Waals surface area (Å²) in [7, 11) is -3.57. The molecule has 1 amide bonds. The van der Waals surface area contributed by atoms with Gasteiger partial charge in [0, 0.05) is 17.8 Å². The van der Waals surface area contributed by atoms with Crippen LogP contribution < -0.4 is 10.1 Å². The molecule has 0 radical (unpaired) electrons. The maximum atomic E-state index is 12.9. The zero-order valence-corrected chi connectivity index (χ0v) is 18.0. The number of sulfonamides is 1. The molecule has 3 aromatic rings. The molecule has 0 saturated heterocycles. The Morgan fingerprint density at radius 2 is 1.90 bits per heavy atom. The highest BCUT2D eigenvalue weighted by molar-refractivity contribution is 7.89. The molecule has 0 unspecified atom stereocenters. The third kappa shape index (κ3) is 4.09. The fraction of sp³-hybridized carbons (Fsp3) is 0.238. The van der Waals surface area contributed by atoms with Crippen molar-refractivity contribution in [2.45, 2.75) is 24.8 Å². The number of anilines is 1. The van der Waals surface area contributed by atoms with Crippen LogP contribution in [0.1, 0.15) is 27.9 Å². The maximum absolute atomic E-state index is 12.9. The number of carbonyl (C=O) groups is 1. The van der Waals surface area contributed by atoms with Gasteiger partial charge in [-0.25, -0.2) is 13.4 Å². The molecule has 156 valence electrons. The van der Waals surface area contributed by atoms with E-state index in [2.05, 4.69) is 10.3 Å². The van der Waals surface area contributed by atoms with Crippen LogP contribution in [0.3, 0.4) is 0 Å². The first-order valence-corrected chi connectivity index (χ1v) is 11.8. The zero-order valence-electron chi connectivity index (χ0n) is 16.4. The van der Waals surface area contributed by atoms with Crippen LogP contribution in [0.2, 0.25) is 0 Å². The van der Waals surface area contributed by atoms with E-state index < -0.39 is 10.0 Å². The lowest BCUT2D eigenvalue weighted by atomic mass is 10.2. The van der Waals surface area contributed by atoms with E-state index in [1.54, 1.807) is 48.5 Å². The van der Waals surface area contributed by atoms with Crippen molar-refractivity contribution in [3.05, 3.63) is 70.7 Å². The summed E-state index contributed by atoms with van der Waals surface area (Å²) in [5.41, 5.74) is 1.26. The van der Waals surface area contributed by atoms with Crippen LogP contribution in [0.5, 0.6) is 5.75 Å². The molecule has 0 spiro atoms. The number of carbonyl (C=O) groups excluding carboxylic acids is 1. The SMILES string of the molecule is CCOc1ccccc1C(=O)Nc1nc2c(s1)CN(S(=O)(=O)c1ccccc1)CC2. The molecule has 1 aromatic heterocycles. The summed E-state index contributed by atoms with van der Waals surface area (Å²) in [5, 5.41) is 3.27. The summed E-state index contributed by atoms with van der Waals surface area (Å²) >= 11 is 1.30. The number of fused-ring (bicyclic) bond motifs is 1. The van der Waals surface area contributed by atoms with Gasteiger partial charge in [0.1, 0.15) is 5.75 Å². The van der Waals surface area contributed by atoms with Crippen molar-refractivity contribution >= 4 is 32.4 Å². The van der Waals surface area contributed by atoms with Crippen LogP contribution >= 0.6 is 11.3 Å². The lowest BCUT2D eigenvalue weighted by molar-refractivity contribution is 0.102. The summed E-state index contributed by atoms with van der Waals surface area (Å²) < 4.78 is 32.8. The number of nitrogens with zero attached hydrogens (tertiary/aromatic N) is 2. The third-order valence-corrected chi connectivity index (χ3v) is 7.59. The maximum Gasteiger partial charge on any atom is 0.261 e. The van der Waals surface area contributed by atoms with Crippen molar-refractivity contribution in [1.82, 2.24) is 9.29 Å². The Labute approximate surface area is 179 Å². The van der Waals surface area contributed by atoms with Gasteiger partial charge in [0.2, 0.25) is 10.0 Å². The van der Waals surface area contributed by atoms with E-state index in [4.69, 9.17) is 4.74 Å². The molecule has 0 aliphatic carbocycles. The molecule has 1 aliphatic rings. The molecule has 0 atom stereocenters. The molecule has 9 heteroatoms. The average Bonchev–Trinajstić information content (AvgIpc) is 3.16. The van der Waals surface area contributed by atoms with Gasteiger partial charge in [-0.15, -0.1) is 11.3 Å². The molecule has 30 heavy (non-hydrogen) atoms. The van der Waals surface area contributed by atoms with Crippen LogP contribution in [0.15, 0.2) is 59.5 Å². The Kier molecular flexibility index (Phi) is 5.85. The predicted molar refractivity (Wildman–Crippen MR) is 115 cm³/mol. The van der Waals surface area contributed by atoms with Crippen LogP contribution in [0.25, 0.3) is 0 Å². The minimum atomic E-state index is -3.57. The fourth-order valence-electron chi connectivity index (χ4n) is 3.27. The quantitative estimate of drug-likeness (QED) is 0.630. The number of thiazole rings is 1. The van der Waals surface area contributed by atoms with Gasteiger partial charge in [0.05, 0.1) is 29.3 Å². The van der Waals surface area contributed by atoms with Gasteiger partial charge >= 0.3 is 0 Å². The third-order valence-electron chi connectivity index (χ3n) is 4.73. The van der Waals surface area contributed by atoms with Crippen LogP contribution in [0, 0.1) is 0 Å². The zero-order chi connectivity index (χ0) is 21.1. The fourth-order valence-corrected chi connectivity index (χ4v) is 5.80. The van der Waals surface area contributed by atoms with Crippen LogP contribution in [-0.2, 0) is 23.0 Å². The van der Waals surface area contributed by atoms with Crippen molar-refractivity contribution in [1.29, 1.82) is 0 Å². The Hall–Kier alpha value is -2.75. The van der Waals surface area contributed by atoms with Gasteiger partial charge in [0.15, 0.2) is 5.13 Å². The summed E-state index contributed by atoms with van der Waals surface area (Å²) in [6, 6.07) is 15.4. The normalized spacial score (nSPS) is 14.2. The van der Waals surface area contributed by atoms with Crippen molar-refractivity contribution in [2.24, 2.45) is 0 Å². The van der Waals surface area contributed by atoms with Gasteiger partial charge in [-0.1, -0.05) is 30.3 Å². The standard InChI is InChI=1S/C21H21N3O4S2/c1-2-28-18-11-7-6-10-16(18)20(25)23-21-22-17-12-13-24(14-19(17)29-21)30(26,27)15-8-4-3-5-9-15/h3-11H,2,12-14H2,1H3,(H,22,23,25). The highest BCUT2D eigenvalue weighted by Gasteiger charge is 2.30. The average molecular weight is 444 g/mol. The van der Waals surface area contributed by atoms with E-state index in [1.807, 2.05) is 13.0 Å². The second kappa shape index (κ2) is 8.55. The van der Waals surface area contributed by atoms with E-state index in [9.17, 15) is 13.2 Å². The summed E-state index contributed by atoms with van der Waals surface area (Å²) in [6.45, 7) is 2.92. The molecule has 2 aromatic carbocycles. The highest BCUT2D eigenvalue weighted by Crippen LogP contribution is 2.31. The van der Waals surface area contributed by atoms with Gasteiger partial charge in [-0.2, -0.15) is 4.31 Å². The lowest BCUT2D eigenvalue weighted by Crippen LogP contribution is -2.35. The van der Waals surface area contributed by atoms with Gasteiger partial charge < -0.3 is 4.74 Å². The van der Waals surface area contributed by atoms with E-state index in [0.29, 0.717) is 36.0 Å². The predicted octanol–water partition coefficient (Wildman–Crippen LogP) is 3.54. The Balaban J connectivity index is 1.51. The van der Waals surface area contributed by atoms with Crippen molar-refractivity contribution in [3.8, 4) is 5.75 Å². The van der Waals surface area contributed by atoms with Gasteiger partial charge in [-0.3, -0.25) is 10.1 Å². The van der Waals surface area contributed by atoms with E-state index in [1.165, 1.54) is 15.6 Å². The van der Waals surface area contributed by atoms with Crippen LogP contribution in [-0.4, -0.2) is 36.8 Å². The van der Waals surface area contributed by atoms with E-state index in [0.717, 1.165) is 10.6 Å². The Bertz CT molecular complexity index is 1160. The largest absolute Gasteiger partial charge is 0.493 e. The lowest BCUT2D eigenvalue weighted by Gasteiger charge is -2.25. The smallest absolute Gasteiger partial charge is 0.261 e. The molecule has 7 nitrogen and oxygen atoms in total. The molecular weight excluding hydrogens is 422 g/mol. The highest BCUT2D eigenvalue weighted by atomic mass is 32.2. The van der Waals surface area contributed by atoms with Crippen molar-refractivity contribution in [3.63, 3.8) is 0 Å². The first kappa shape index (κ1) is 20.5. The number of aromatic nitrogens is 1. The molecule has 1 aliphatic heterocycles. The first-order chi connectivity index (χ1) is 14.5. The first-order valence-electron chi connectivity index (χ1n) is 9.56. The van der Waals surface area contributed by atoms with Crippen LogP contribution in [0.4, 0.5) is 5.13 Å². The molecule has 2 heterocycles. The summed E-state index contributed by atoms with van der Waals surface area (Å²) in [5.74, 6) is 0.206. The molecule has 0 saturated carbocycles. The second-order valence-corrected chi connectivity index (χ2v) is 9.70. The van der Waals surface area contributed by atoms with Gasteiger partial charge in [0.25, 0.3) is 5.91 Å². The van der Waals surface area contributed by atoms with E-state index >= 15 is 0 Å². The Morgan fingerprint density at radius 1 is 1.17 bits per heavy atom. The molecule has 0 bridgehead atoms. The number of benzene rings is 2. The van der Waals surface area contributed by atoms with Crippen molar-refractivity contribution < 1.29 is 17.9 Å². The number of amides is 1. The Morgan fingerprint density at radius 3 is 2.67 bits per heavy atom. The minimum Gasteiger partial charge on any atom is -0.493 e. The monoisotopic (exact) mass is 443 g/mol. The minimum absolute atomic E-state index is 0.246. The number of rotatable bonds is 6. The molecule has 0 fully saturated rings. The number of para-hydroxylation sites is 1. The topological polar surface area (TPSA) is 88.6 Å². The number of hydrogen-bond acceptors (Lipinski definition) is 6. The molecule has 1 N–H and O–H groups in total. The second-order valence-electron chi connectivity index (χ2n) is 6.67. The number of hydrogen-bond donors (Lipinski definition) is 1. The van der Waals surface area contributed by atoms with E-state index in [-0.39, 0.29) is 17.3 Å². The van der Waals surface area contributed by atoms with Crippen molar-refractivity contribution in [2.75, 3.05) is 18.5 Å². The molecular formula is C21H21N3O4S2.